The Morgan fingerprint density at radius 1 is 0.984 bits per heavy atom. The number of piperidine rings is 2. The van der Waals surface area contributed by atoms with E-state index in [1.807, 2.05) is 32.2 Å². The summed E-state index contributed by atoms with van der Waals surface area (Å²) in [6.07, 6.45) is 10.7. The van der Waals surface area contributed by atoms with Gasteiger partial charge in [-0.1, -0.05) is 0 Å². The highest BCUT2D eigenvalue weighted by atomic mass is 16.5. The van der Waals surface area contributed by atoms with E-state index in [4.69, 9.17) is 14.8 Å². The van der Waals surface area contributed by atoms with Crippen LogP contribution in [0.5, 0.6) is 0 Å². The van der Waals surface area contributed by atoms with Crippen LogP contribution in [-0.4, -0.2) is 122 Å². The molecule has 0 radical (unpaired) electrons. The minimum Gasteiger partial charge on any atom is -0.386 e. The van der Waals surface area contributed by atoms with Crippen molar-refractivity contribution >= 4 is 45.5 Å². The smallest absolute Gasteiger partial charge is 0.274 e. The number of nitrogens with one attached hydrogen (secondary N) is 2. The predicted molar refractivity (Wildman–Crippen MR) is 237 cm³/mol. The van der Waals surface area contributed by atoms with Gasteiger partial charge in [0.1, 0.15) is 11.8 Å². The number of aliphatic hydroxyl groups is 1. The van der Waals surface area contributed by atoms with Crippen LogP contribution in [-0.2, 0) is 19.9 Å². The summed E-state index contributed by atoms with van der Waals surface area (Å²) in [4.78, 5) is 50.4. The third-order valence-corrected chi connectivity index (χ3v) is 13.9. The maximum absolute atomic E-state index is 13.6. The highest BCUT2D eigenvalue weighted by Gasteiger charge is 2.38. The minimum absolute atomic E-state index is 0.212. The van der Waals surface area contributed by atoms with Gasteiger partial charge in [-0.3, -0.25) is 39.2 Å². The van der Waals surface area contributed by atoms with E-state index < -0.39 is 5.60 Å². The topological polar surface area (TPSA) is 186 Å². The molecule has 4 aliphatic rings. The maximum atomic E-state index is 13.6. The van der Waals surface area contributed by atoms with Crippen LogP contribution in [0.25, 0.3) is 16.4 Å². The number of piperazine rings is 1. The van der Waals surface area contributed by atoms with Crippen LogP contribution < -0.4 is 15.5 Å². The van der Waals surface area contributed by atoms with Crippen molar-refractivity contribution in [3.63, 3.8) is 0 Å². The van der Waals surface area contributed by atoms with Gasteiger partial charge in [0, 0.05) is 87.2 Å². The number of benzene rings is 1. The first-order valence-electron chi connectivity index (χ1n) is 22.4. The van der Waals surface area contributed by atoms with Crippen LogP contribution >= 0.6 is 0 Å². The van der Waals surface area contributed by atoms with Crippen LogP contribution in [0.3, 0.4) is 0 Å². The van der Waals surface area contributed by atoms with Crippen LogP contribution in [0.1, 0.15) is 110 Å². The van der Waals surface area contributed by atoms with Crippen LogP contribution in [0, 0.1) is 18.3 Å². The molecule has 9 rings (SSSR count). The predicted octanol–water partition coefficient (Wildman–Crippen LogP) is 5.04. The van der Waals surface area contributed by atoms with E-state index in [9.17, 15) is 24.8 Å². The molecule has 16 nitrogen and oxygen atoms in total. The monoisotopic (exact) mass is 855 g/mol. The molecule has 3 N–H and O–H groups in total. The molecule has 1 unspecified atom stereocenters. The average molecular weight is 856 g/mol. The molecule has 330 valence electrons. The molecule has 3 saturated heterocycles. The number of imide groups is 1. The van der Waals surface area contributed by atoms with E-state index in [2.05, 4.69) is 53.4 Å². The molecule has 16 heteroatoms. The highest BCUT2D eigenvalue weighted by Crippen LogP contribution is 2.37. The molecule has 3 amide bonds. The number of carbonyl (C=O) groups excluding carboxylic acids is 3. The Morgan fingerprint density at radius 2 is 1.76 bits per heavy atom. The van der Waals surface area contributed by atoms with Gasteiger partial charge in [0.05, 0.1) is 64.0 Å². The second-order valence-electron chi connectivity index (χ2n) is 18.4. The van der Waals surface area contributed by atoms with Gasteiger partial charge in [0.2, 0.25) is 11.8 Å². The molecule has 1 saturated carbocycles. The second kappa shape index (κ2) is 17.4. The lowest BCUT2D eigenvalue weighted by Crippen LogP contribution is -2.61. The Labute approximate surface area is 367 Å². The van der Waals surface area contributed by atoms with Gasteiger partial charge in [0.25, 0.3) is 5.91 Å². The summed E-state index contributed by atoms with van der Waals surface area (Å²) in [5.41, 5.74) is 4.75. The first-order valence-corrected chi connectivity index (χ1v) is 22.4. The molecule has 2 atom stereocenters. The van der Waals surface area contributed by atoms with Crippen molar-refractivity contribution in [1.82, 2.24) is 39.5 Å². The largest absolute Gasteiger partial charge is 0.386 e. The van der Waals surface area contributed by atoms with Gasteiger partial charge in [-0.15, -0.1) is 0 Å². The zero-order valence-electron chi connectivity index (χ0n) is 36.6. The molecule has 1 aromatic carbocycles. The Kier molecular flexibility index (Phi) is 11.8. The van der Waals surface area contributed by atoms with Gasteiger partial charge < -0.3 is 20.1 Å². The SMILES string of the molecule is COC[C@@H]1CN(C2CCC(n3cc4cc(NC(=O)c5ccc6cc(C#N)cnn56)c(C(C)(C)O)cc4n3)CC2)CCN1C1CCN(c2ccc(C3CCC(=O)NC3=O)nc2C)CC1. The number of amides is 3. The quantitative estimate of drug-likeness (QED) is 0.159. The number of anilines is 2. The normalized spacial score (nSPS) is 23.3. The number of hydrogen-bond acceptors (Lipinski definition) is 12. The lowest BCUT2D eigenvalue weighted by molar-refractivity contribution is -0.134. The Hall–Kier alpha value is -5.73. The Bertz CT molecular complexity index is 2570. The lowest BCUT2D eigenvalue weighted by atomic mass is 9.89. The molecule has 4 aromatic heterocycles. The Balaban J connectivity index is 0.808. The van der Waals surface area contributed by atoms with Crippen molar-refractivity contribution in [3.05, 3.63) is 83.1 Å². The van der Waals surface area contributed by atoms with Crippen LogP contribution in [0.15, 0.2) is 54.9 Å². The number of pyridine rings is 1. The summed E-state index contributed by atoms with van der Waals surface area (Å²) >= 11 is 0. The summed E-state index contributed by atoms with van der Waals surface area (Å²) in [6, 6.07) is 16.6. The van der Waals surface area contributed by atoms with Gasteiger partial charge in [-0.25, -0.2) is 4.52 Å². The van der Waals surface area contributed by atoms with E-state index in [-0.39, 0.29) is 29.7 Å². The van der Waals surface area contributed by atoms with Crippen molar-refractivity contribution in [2.45, 2.75) is 108 Å². The fourth-order valence-corrected chi connectivity index (χ4v) is 10.6. The fourth-order valence-electron chi connectivity index (χ4n) is 10.6. The van der Waals surface area contributed by atoms with Crippen LogP contribution in [0.2, 0.25) is 0 Å². The second-order valence-corrected chi connectivity index (χ2v) is 18.4. The molecule has 5 aromatic rings. The summed E-state index contributed by atoms with van der Waals surface area (Å²) in [6.45, 7) is 11.1. The zero-order chi connectivity index (χ0) is 44.0. The molecular formula is C47H57N11O5. The molecule has 0 spiro atoms. The number of nitriles is 1. The van der Waals surface area contributed by atoms with E-state index in [0.29, 0.717) is 65.6 Å². The number of hydrogen-bond donors (Lipinski definition) is 3. The van der Waals surface area contributed by atoms with E-state index >= 15 is 0 Å². The summed E-state index contributed by atoms with van der Waals surface area (Å²) in [5.74, 6) is -1.22. The van der Waals surface area contributed by atoms with Crippen molar-refractivity contribution in [3.8, 4) is 6.07 Å². The number of methoxy groups -OCH3 is 1. The van der Waals surface area contributed by atoms with Crippen molar-refractivity contribution in [2.24, 2.45) is 0 Å². The fraction of sp³-hybridized carbons (Fsp3) is 0.511. The third kappa shape index (κ3) is 8.67. The van der Waals surface area contributed by atoms with Gasteiger partial charge in [0.15, 0.2) is 0 Å². The molecule has 7 heterocycles. The number of aromatic nitrogens is 5. The van der Waals surface area contributed by atoms with Crippen molar-refractivity contribution in [1.29, 1.82) is 5.26 Å². The molecule has 3 aliphatic heterocycles. The average Bonchev–Trinajstić information content (AvgIpc) is 3.90. The summed E-state index contributed by atoms with van der Waals surface area (Å²) in [5, 5.41) is 36.1. The molecule has 1 aliphatic carbocycles. The van der Waals surface area contributed by atoms with Gasteiger partial charge in [-0.2, -0.15) is 15.5 Å². The van der Waals surface area contributed by atoms with Crippen LogP contribution in [0.4, 0.5) is 11.4 Å². The lowest BCUT2D eigenvalue weighted by Gasteiger charge is -2.50. The van der Waals surface area contributed by atoms with Crippen molar-refractivity contribution < 1.29 is 24.2 Å². The van der Waals surface area contributed by atoms with Gasteiger partial charge >= 0.3 is 0 Å². The molecule has 63 heavy (non-hydrogen) atoms. The number of carbonyl (C=O) groups is 3. The number of nitrogens with zero attached hydrogens (tertiary/aromatic N) is 9. The summed E-state index contributed by atoms with van der Waals surface area (Å²) < 4.78 is 9.42. The van der Waals surface area contributed by atoms with Gasteiger partial charge in [-0.05, 0) is 108 Å². The highest BCUT2D eigenvalue weighted by molar-refractivity contribution is 6.05. The first kappa shape index (κ1) is 42.6. The maximum Gasteiger partial charge on any atom is 0.274 e. The van der Waals surface area contributed by atoms with E-state index in [1.54, 1.807) is 32.0 Å². The zero-order valence-corrected chi connectivity index (χ0v) is 36.6. The molecule has 4 fully saturated rings. The van der Waals surface area contributed by atoms with E-state index in [1.165, 1.54) is 10.7 Å². The van der Waals surface area contributed by atoms with E-state index in [0.717, 1.165) is 99.2 Å². The molecular weight excluding hydrogens is 799 g/mol. The summed E-state index contributed by atoms with van der Waals surface area (Å²) in [7, 11) is 1.81. The Morgan fingerprint density at radius 3 is 2.48 bits per heavy atom. The number of aryl methyl sites for hydroxylation is 1. The number of fused-ring (bicyclic) bond motifs is 2. The standard InChI is InChI=1S/C47H57N11O5/c1-29-42(13-11-39(50-29)37-10-14-44(59)52-45(37)60)54-17-15-33(16-18-54)56-20-19-55(27-36(56)28-63-4)32-5-7-34(8-6-32)57-26-31-22-41(38(47(2,3)62)23-40(31)53-57)51-46(61)43-12-9-35-21-30(24-48)25-49-58(35)43/h9,11-13,21-23,25-26,32-34,36-37,62H,5-8,10,14-20,27-28H2,1-4H3,(H,51,61)(H,52,59,60)/t32?,34?,36-,37?/m0/s1. The minimum atomic E-state index is -1.24. The number of rotatable bonds is 10. The third-order valence-electron chi connectivity index (χ3n) is 13.9. The molecule has 0 bridgehead atoms. The first-order chi connectivity index (χ1) is 30.4. The van der Waals surface area contributed by atoms with Crippen molar-refractivity contribution in [2.75, 3.05) is 56.7 Å². The number of ether oxygens (including phenoxy) is 1.